The van der Waals surface area contributed by atoms with E-state index in [9.17, 15) is 14.0 Å². The number of hydrogen-bond donors (Lipinski definition) is 0. The number of carbonyl (C=O) groups is 2. The Morgan fingerprint density at radius 1 is 0.892 bits per heavy atom. The van der Waals surface area contributed by atoms with E-state index in [1.807, 2.05) is 30.3 Å². The number of fused-ring (bicyclic) bond motifs is 1. The smallest absolute Gasteiger partial charge is 0.293 e. The second kappa shape index (κ2) is 11.1. The topological polar surface area (TPSA) is 55.8 Å². The fourth-order valence-corrected chi connectivity index (χ4v) is 4.90. The summed E-state index contributed by atoms with van der Waals surface area (Å²) >= 11 is 6.76. The lowest BCUT2D eigenvalue weighted by Gasteiger charge is -2.14. The molecule has 4 aromatic rings. The number of rotatable bonds is 8. The first-order chi connectivity index (χ1) is 18.0. The number of imide groups is 1. The van der Waals surface area contributed by atoms with Crippen LogP contribution in [0.4, 0.5) is 9.18 Å². The molecule has 186 valence electrons. The standard InChI is InChI=1S/C29H21ClFNO4S/c30-21-10-12-22(13-11-21)35-16-15-32-28(33)27(37-29(32)34)17-24-23-7-3-1-5-19(23)9-14-26(24)36-18-20-6-2-4-8-25(20)31/h1-14,17H,15-16,18H2/b27-17-. The van der Waals surface area contributed by atoms with Crippen LogP contribution in [0.5, 0.6) is 11.5 Å². The molecule has 0 saturated carbocycles. The van der Waals surface area contributed by atoms with Gasteiger partial charge in [0.05, 0.1) is 11.4 Å². The molecule has 1 heterocycles. The van der Waals surface area contributed by atoms with Crippen molar-refractivity contribution >= 4 is 51.4 Å². The highest BCUT2D eigenvalue weighted by molar-refractivity contribution is 8.18. The minimum absolute atomic E-state index is 0.0232. The molecule has 0 aromatic heterocycles. The highest BCUT2D eigenvalue weighted by Crippen LogP contribution is 2.37. The van der Waals surface area contributed by atoms with Crippen LogP contribution in [0, 0.1) is 5.82 Å². The third-order valence-electron chi connectivity index (χ3n) is 5.82. The van der Waals surface area contributed by atoms with Gasteiger partial charge in [0.1, 0.15) is 30.5 Å². The fourth-order valence-electron chi connectivity index (χ4n) is 3.93. The summed E-state index contributed by atoms with van der Waals surface area (Å²) in [5.74, 6) is 0.327. The molecule has 1 aliphatic rings. The lowest BCUT2D eigenvalue weighted by atomic mass is 10.0. The number of hydrogen-bond acceptors (Lipinski definition) is 5. The van der Waals surface area contributed by atoms with Gasteiger partial charge in [-0.15, -0.1) is 0 Å². The molecule has 5 nitrogen and oxygen atoms in total. The zero-order valence-corrected chi connectivity index (χ0v) is 21.1. The number of ether oxygens (including phenoxy) is 2. The molecule has 5 rings (SSSR count). The van der Waals surface area contributed by atoms with Crippen LogP contribution in [-0.2, 0) is 11.4 Å². The van der Waals surface area contributed by atoms with Gasteiger partial charge < -0.3 is 9.47 Å². The summed E-state index contributed by atoms with van der Waals surface area (Å²) in [5.41, 5.74) is 1.07. The SMILES string of the molecule is O=C1S/C(=C\c2c(OCc3ccccc3F)ccc3ccccc23)C(=O)N1CCOc1ccc(Cl)cc1. The molecule has 0 spiro atoms. The fraction of sp³-hybridized carbons (Fsp3) is 0.103. The number of thioether (sulfide) groups is 1. The maximum Gasteiger partial charge on any atom is 0.293 e. The summed E-state index contributed by atoms with van der Waals surface area (Å²) in [5, 5.41) is 2.02. The van der Waals surface area contributed by atoms with E-state index in [0.29, 0.717) is 27.6 Å². The zero-order chi connectivity index (χ0) is 25.8. The maximum atomic E-state index is 14.1. The van der Waals surface area contributed by atoms with Crippen LogP contribution in [0.15, 0.2) is 89.8 Å². The van der Waals surface area contributed by atoms with Crippen LogP contribution in [0.2, 0.25) is 5.02 Å². The summed E-state index contributed by atoms with van der Waals surface area (Å²) in [7, 11) is 0. The molecule has 2 amide bonds. The van der Waals surface area contributed by atoms with Crippen LogP contribution in [-0.4, -0.2) is 29.2 Å². The molecule has 0 atom stereocenters. The highest BCUT2D eigenvalue weighted by Gasteiger charge is 2.35. The predicted molar refractivity (Wildman–Crippen MR) is 144 cm³/mol. The normalized spacial score (nSPS) is 14.5. The van der Waals surface area contributed by atoms with Crippen LogP contribution < -0.4 is 9.47 Å². The Morgan fingerprint density at radius 2 is 1.65 bits per heavy atom. The van der Waals surface area contributed by atoms with Crippen LogP contribution in [0.25, 0.3) is 16.8 Å². The van der Waals surface area contributed by atoms with Crippen molar-refractivity contribution in [3.8, 4) is 11.5 Å². The van der Waals surface area contributed by atoms with Crippen molar-refractivity contribution in [2.24, 2.45) is 0 Å². The quantitative estimate of drug-likeness (QED) is 0.222. The van der Waals surface area contributed by atoms with E-state index in [2.05, 4.69) is 0 Å². The first-order valence-corrected chi connectivity index (χ1v) is 12.7. The average molecular weight is 534 g/mol. The van der Waals surface area contributed by atoms with Gasteiger partial charge in [0.15, 0.2) is 0 Å². The summed E-state index contributed by atoms with van der Waals surface area (Å²) in [6, 6.07) is 24.6. The molecule has 1 aliphatic heterocycles. The van der Waals surface area contributed by atoms with Gasteiger partial charge in [0.2, 0.25) is 0 Å². The molecule has 0 aliphatic carbocycles. The van der Waals surface area contributed by atoms with Gasteiger partial charge >= 0.3 is 0 Å². The van der Waals surface area contributed by atoms with Gasteiger partial charge in [0.25, 0.3) is 11.1 Å². The molecule has 0 unspecified atom stereocenters. The van der Waals surface area contributed by atoms with E-state index < -0.39 is 5.91 Å². The van der Waals surface area contributed by atoms with E-state index in [-0.39, 0.29) is 35.7 Å². The highest BCUT2D eigenvalue weighted by atomic mass is 35.5. The van der Waals surface area contributed by atoms with Gasteiger partial charge in [0, 0.05) is 16.1 Å². The Labute approximate surface area is 222 Å². The third-order valence-corrected chi connectivity index (χ3v) is 6.98. The molecule has 0 N–H and O–H groups in total. The van der Waals surface area contributed by atoms with Crippen LogP contribution >= 0.6 is 23.4 Å². The molecule has 4 aromatic carbocycles. The van der Waals surface area contributed by atoms with Crippen molar-refractivity contribution in [1.29, 1.82) is 0 Å². The van der Waals surface area contributed by atoms with Crippen LogP contribution in [0.3, 0.4) is 0 Å². The third kappa shape index (κ3) is 5.63. The van der Waals surface area contributed by atoms with Gasteiger partial charge in [-0.3, -0.25) is 14.5 Å². The monoisotopic (exact) mass is 533 g/mol. The van der Waals surface area contributed by atoms with Crippen molar-refractivity contribution < 1.29 is 23.5 Å². The van der Waals surface area contributed by atoms with Crippen molar-refractivity contribution in [3.05, 3.63) is 112 Å². The summed E-state index contributed by atoms with van der Waals surface area (Å²) < 4.78 is 25.8. The van der Waals surface area contributed by atoms with Gasteiger partial charge in [-0.25, -0.2) is 4.39 Å². The van der Waals surface area contributed by atoms with E-state index >= 15 is 0 Å². The zero-order valence-electron chi connectivity index (χ0n) is 19.5. The van der Waals surface area contributed by atoms with Crippen molar-refractivity contribution in [2.75, 3.05) is 13.2 Å². The Morgan fingerprint density at radius 3 is 2.46 bits per heavy atom. The van der Waals surface area contributed by atoms with E-state index in [1.54, 1.807) is 54.6 Å². The molecule has 0 bridgehead atoms. The lowest BCUT2D eigenvalue weighted by Crippen LogP contribution is -2.32. The van der Waals surface area contributed by atoms with E-state index in [4.69, 9.17) is 21.1 Å². The van der Waals surface area contributed by atoms with Gasteiger partial charge in [-0.1, -0.05) is 60.1 Å². The Bertz CT molecular complexity index is 1510. The number of halogens is 2. The van der Waals surface area contributed by atoms with E-state index in [0.717, 1.165) is 27.4 Å². The largest absolute Gasteiger partial charge is 0.492 e. The average Bonchev–Trinajstić information content (AvgIpc) is 3.17. The second-order valence-electron chi connectivity index (χ2n) is 8.21. The van der Waals surface area contributed by atoms with Crippen molar-refractivity contribution in [2.45, 2.75) is 6.61 Å². The number of amides is 2. The minimum atomic E-state index is -0.400. The van der Waals surface area contributed by atoms with E-state index in [1.165, 1.54) is 6.07 Å². The van der Waals surface area contributed by atoms with Crippen LogP contribution in [0.1, 0.15) is 11.1 Å². The maximum absolute atomic E-state index is 14.1. The molecule has 37 heavy (non-hydrogen) atoms. The Balaban J connectivity index is 1.38. The molecule has 0 radical (unpaired) electrons. The Hall–Kier alpha value is -3.81. The number of nitrogens with zero attached hydrogens (tertiary/aromatic N) is 1. The first kappa shape index (κ1) is 24.9. The van der Waals surface area contributed by atoms with Crippen molar-refractivity contribution in [1.82, 2.24) is 4.90 Å². The van der Waals surface area contributed by atoms with Gasteiger partial charge in [-0.2, -0.15) is 0 Å². The minimum Gasteiger partial charge on any atom is -0.492 e. The second-order valence-corrected chi connectivity index (χ2v) is 9.64. The lowest BCUT2D eigenvalue weighted by molar-refractivity contribution is -0.123. The first-order valence-electron chi connectivity index (χ1n) is 11.5. The summed E-state index contributed by atoms with van der Waals surface area (Å²) in [6.45, 7) is 0.282. The molecular formula is C29H21ClFNO4S. The van der Waals surface area contributed by atoms with Crippen molar-refractivity contribution in [3.63, 3.8) is 0 Å². The Kier molecular flexibility index (Phi) is 7.44. The molecular weight excluding hydrogens is 513 g/mol. The molecule has 1 saturated heterocycles. The summed E-state index contributed by atoms with van der Waals surface area (Å²) in [6.07, 6.45) is 1.67. The predicted octanol–water partition coefficient (Wildman–Crippen LogP) is 7.33. The summed E-state index contributed by atoms with van der Waals surface area (Å²) in [4.78, 5) is 27.2. The molecule has 1 fully saturated rings. The number of benzene rings is 4. The number of carbonyl (C=O) groups excluding carboxylic acids is 2. The molecule has 8 heteroatoms. The van der Waals surface area contributed by atoms with Gasteiger partial charge in [-0.05, 0) is 65.0 Å².